The van der Waals surface area contributed by atoms with Crippen LogP contribution in [0.2, 0.25) is 0 Å². The highest BCUT2D eigenvalue weighted by Crippen LogP contribution is 2.13. The number of carboxylic acids is 1. The van der Waals surface area contributed by atoms with Crippen LogP contribution in [0.25, 0.3) is 0 Å². The summed E-state index contributed by atoms with van der Waals surface area (Å²) in [4.78, 5) is 25.2. The van der Waals surface area contributed by atoms with E-state index < -0.39 is 5.97 Å². The topological polar surface area (TPSA) is 72.9 Å². The standard InChI is InChI=1S/C10H19N3O3/c1-12-5-3-4-8(12)6-11-10(16)13(2)7-9(14)15/h8H,3-7H2,1-2H3,(H,11,16)(H,14,15). The Balaban J connectivity index is 2.26. The van der Waals surface area contributed by atoms with Gasteiger partial charge in [0.05, 0.1) is 0 Å². The molecule has 0 aromatic heterocycles. The lowest BCUT2D eigenvalue weighted by molar-refractivity contribution is -0.137. The predicted molar refractivity (Wildman–Crippen MR) is 59.3 cm³/mol. The third kappa shape index (κ3) is 3.69. The van der Waals surface area contributed by atoms with E-state index in [0.717, 1.165) is 24.3 Å². The zero-order valence-electron chi connectivity index (χ0n) is 9.77. The summed E-state index contributed by atoms with van der Waals surface area (Å²) in [6.45, 7) is 1.37. The van der Waals surface area contributed by atoms with Crippen molar-refractivity contribution >= 4 is 12.0 Å². The second-order valence-corrected chi connectivity index (χ2v) is 4.21. The number of likely N-dealkylation sites (tertiary alicyclic amines) is 1. The molecule has 0 aromatic carbocycles. The number of aliphatic carboxylic acids is 1. The summed E-state index contributed by atoms with van der Waals surface area (Å²) in [5.74, 6) is -1.00. The summed E-state index contributed by atoms with van der Waals surface area (Å²) in [6, 6.07) is 0.0462. The number of nitrogens with one attached hydrogen (secondary N) is 1. The zero-order chi connectivity index (χ0) is 12.1. The van der Waals surface area contributed by atoms with Gasteiger partial charge in [0, 0.05) is 19.6 Å². The van der Waals surface area contributed by atoms with Crippen LogP contribution in [0.15, 0.2) is 0 Å². The molecule has 0 bridgehead atoms. The number of nitrogens with zero attached hydrogens (tertiary/aromatic N) is 2. The van der Waals surface area contributed by atoms with E-state index in [4.69, 9.17) is 5.11 Å². The van der Waals surface area contributed by atoms with Gasteiger partial charge < -0.3 is 20.2 Å². The highest BCUT2D eigenvalue weighted by molar-refractivity contribution is 5.79. The van der Waals surface area contributed by atoms with Crippen molar-refractivity contribution in [2.45, 2.75) is 18.9 Å². The van der Waals surface area contributed by atoms with Crippen molar-refractivity contribution in [2.75, 3.05) is 33.7 Å². The molecule has 2 amide bonds. The van der Waals surface area contributed by atoms with Gasteiger partial charge in [-0.15, -0.1) is 0 Å². The first-order chi connectivity index (χ1) is 7.50. The summed E-state index contributed by atoms with van der Waals surface area (Å²) in [6.07, 6.45) is 2.24. The molecule has 1 atom stereocenters. The number of likely N-dealkylation sites (N-methyl/N-ethyl adjacent to an activating group) is 2. The largest absolute Gasteiger partial charge is 0.480 e. The molecule has 1 unspecified atom stereocenters. The van der Waals surface area contributed by atoms with Crippen LogP contribution in [0.3, 0.4) is 0 Å². The molecule has 2 N–H and O–H groups in total. The van der Waals surface area contributed by atoms with Crippen molar-refractivity contribution in [1.82, 2.24) is 15.1 Å². The van der Waals surface area contributed by atoms with E-state index in [-0.39, 0.29) is 12.6 Å². The molecule has 1 aliphatic heterocycles. The lowest BCUT2D eigenvalue weighted by Crippen LogP contribution is -2.45. The SMILES string of the molecule is CN(CC(=O)O)C(=O)NCC1CCCN1C. The minimum Gasteiger partial charge on any atom is -0.480 e. The summed E-state index contributed by atoms with van der Waals surface area (Å²) in [5.41, 5.74) is 0. The third-order valence-electron chi connectivity index (χ3n) is 2.88. The highest BCUT2D eigenvalue weighted by Gasteiger charge is 2.21. The molecule has 1 heterocycles. The number of carboxylic acid groups (broad SMARTS) is 1. The van der Waals surface area contributed by atoms with Crippen molar-refractivity contribution in [3.05, 3.63) is 0 Å². The van der Waals surface area contributed by atoms with Crippen molar-refractivity contribution in [1.29, 1.82) is 0 Å². The number of carbonyl (C=O) groups is 2. The van der Waals surface area contributed by atoms with Gasteiger partial charge in [0.25, 0.3) is 0 Å². The molecule has 0 spiro atoms. The molecule has 1 saturated heterocycles. The van der Waals surface area contributed by atoms with E-state index in [1.54, 1.807) is 0 Å². The molecular weight excluding hydrogens is 210 g/mol. The molecule has 0 radical (unpaired) electrons. The lowest BCUT2D eigenvalue weighted by Gasteiger charge is -2.22. The van der Waals surface area contributed by atoms with Crippen molar-refractivity contribution in [3.63, 3.8) is 0 Å². The number of carbonyl (C=O) groups excluding carboxylic acids is 1. The van der Waals surface area contributed by atoms with Crippen molar-refractivity contribution < 1.29 is 14.7 Å². The number of amides is 2. The minimum atomic E-state index is -1.00. The fraction of sp³-hybridized carbons (Fsp3) is 0.800. The second-order valence-electron chi connectivity index (χ2n) is 4.21. The minimum absolute atomic E-state index is 0.271. The summed E-state index contributed by atoms with van der Waals surface area (Å²) >= 11 is 0. The number of hydrogen-bond donors (Lipinski definition) is 2. The van der Waals surface area contributed by atoms with Gasteiger partial charge in [-0.05, 0) is 26.4 Å². The first-order valence-corrected chi connectivity index (χ1v) is 5.41. The zero-order valence-corrected chi connectivity index (χ0v) is 9.77. The molecule has 1 fully saturated rings. The smallest absolute Gasteiger partial charge is 0.323 e. The Morgan fingerprint density at radius 2 is 2.25 bits per heavy atom. The van der Waals surface area contributed by atoms with Crippen molar-refractivity contribution in [3.8, 4) is 0 Å². The van der Waals surface area contributed by atoms with Gasteiger partial charge in [0.1, 0.15) is 6.54 Å². The first kappa shape index (κ1) is 12.8. The fourth-order valence-corrected chi connectivity index (χ4v) is 1.85. The molecule has 1 aliphatic rings. The maximum atomic E-state index is 11.5. The molecule has 0 aliphatic carbocycles. The van der Waals surface area contributed by atoms with Crippen LogP contribution < -0.4 is 5.32 Å². The molecule has 6 nitrogen and oxygen atoms in total. The summed E-state index contributed by atoms with van der Waals surface area (Å²) < 4.78 is 0. The normalized spacial score (nSPS) is 20.8. The van der Waals surface area contributed by atoms with E-state index in [2.05, 4.69) is 10.2 Å². The summed E-state index contributed by atoms with van der Waals surface area (Å²) in [5, 5.41) is 11.3. The molecule has 0 aromatic rings. The molecule has 1 rings (SSSR count). The van der Waals surface area contributed by atoms with Gasteiger partial charge in [-0.2, -0.15) is 0 Å². The van der Waals surface area contributed by atoms with Crippen LogP contribution in [-0.2, 0) is 4.79 Å². The molecule has 16 heavy (non-hydrogen) atoms. The second kappa shape index (κ2) is 5.69. The van der Waals surface area contributed by atoms with Crippen LogP contribution >= 0.6 is 0 Å². The van der Waals surface area contributed by atoms with Crippen LogP contribution in [0.5, 0.6) is 0 Å². The maximum Gasteiger partial charge on any atom is 0.323 e. The fourth-order valence-electron chi connectivity index (χ4n) is 1.85. The molecule has 0 saturated carbocycles. The molecular formula is C10H19N3O3. The first-order valence-electron chi connectivity index (χ1n) is 5.41. The maximum absolute atomic E-state index is 11.5. The summed E-state index contributed by atoms with van der Waals surface area (Å²) in [7, 11) is 3.51. The van der Waals surface area contributed by atoms with E-state index in [0.29, 0.717) is 12.6 Å². The number of urea groups is 1. The van der Waals surface area contributed by atoms with E-state index in [1.807, 2.05) is 7.05 Å². The van der Waals surface area contributed by atoms with Gasteiger partial charge in [-0.3, -0.25) is 4.79 Å². The van der Waals surface area contributed by atoms with Crippen molar-refractivity contribution in [2.24, 2.45) is 0 Å². The van der Waals surface area contributed by atoms with E-state index >= 15 is 0 Å². The van der Waals surface area contributed by atoms with E-state index in [9.17, 15) is 9.59 Å². The van der Waals surface area contributed by atoms with Gasteiger partial charge in [0.15, 0.2) is 0 Å². The Bertz CT molecular complexity index is 270. The molecule has 6 heteroatoms. The average molecular weight is 229 g/mol. The van der Waals surface area contributed by atoms with Crippen LogP contribution in [0, 0.1) is 0 Å². The Morgan fingerprint density at radius 3 is 2.75 bits per heavy atom. The Hall–Kier alpha value is -1.30. The Kier molecular flexibility index (Phi) is 4.54. The molecule has 92 valence electrons. The van der Waals surface area contributed by atoms with Crippen LogP contribution in [-0.4, -0.2) is 66.7 Å². The van der Waals surface area contributed by atoms with Gasteiger partial charge in [-0.1, -0.05) is 0 Å². The lowest BCUT2D eigenvalue weighted by atomic mass is 10.2. The Morgan fingerprint density at radius 1 is 1.56 bits per heavy atom. The van der Waals surface area contributed by atoms with Gasteiger partial charge >= 0.3 is 12.0 Å². The number of rotatable bonds is 4. The number of hydrogen-bond acceptors (Lipinski definition) is 3. The van der Waals surface area contributed by atoms with E-state index in [1.165, 1.54) is 7.05 Å². The third-order valence-corrected chi connectivity index (χ3v) is 2.88. The average Bonchev–Trinajstić information content (AvgIpc) is 2.59. The van der Waals surface area contributed by atoms with Crippen LogP contribution in [0.1, 0.15) is 12.8 Å². The van der Waals surface area contributed by atoms with Crippen LogP contribution in [0.4, 0.5) is 4.79 Å². The highest BCUT2D eigenvalue weighted by atomic mass is 16.4. The quantitative estimate of drug-likeness (QED) is 0.700. The predicted octanol–water partition coefficient (Wildman–Crippen LogP) is -0.193. The van der Waals surface area contributed by atoms with Gasteiger partial charge in [-0.25, -0.2) is 4.79 Å². The van der Waals surface area contributed by atoms with Gasteiger partial charge in [0.2, 0.25) is 0 Å². The Labute approximate surface area is 95.2 Å². The monoisotopic (exact) mass is 229 g/mol.